The summed E-state index contributed by atoms with van der Waals surface area (Å²) in [7, 11) is 0. The molecule has 1 atom stereocenters. The maximum absolute atomic E-state index is 9.45. The molecule has 0 radical (unpaired) electrons. The Balaban J connectivity index is 2.53. The van der Waals surface area contributed by atoms with Gasteiger partial charge in [-0.2, -0.15) is 4.37 Å². The highest BCUT2D eigenvalue weighted by molar-refractivity contribution is 7.11. The standard InChI is InChI=1S/C11H21N3O2S/c1-4-8(15)5-6-13-11-9(16-7(2)3)10(12)14-17-11/h7-8,13,15H,4-6H2,1-3H3,(H2,12,14). The van der Waals surface area contributed by atoms with Gasteiger partial charge in [-0.05, 0) is 38.2 Å². The number of hydrogen-bond donors (Lipinski definition) is 3. The lowest BCUT2D eigenvalue weighted by atomic mass is 10.2. The van der Waals surface area contributed by atoms with E-state index in [2.05, 4.69) is 9.69 Å². The molecule has 0 saturated heterocycles. The highest BCUT2D eigenvalue weighted by atomic mass is 32.1. The molecule has 1 rings (SSSR count). The SMILES string of the molecule is CCC(O)CCNc1snc(N)c1OC(C)C. The van der Waals surface area contributed by atoms with E-state index in [1.54, 1.807) is 0 Å². The summed E-state index contributed by atoms with van der Waals surface area (Å²) in [6.07, 6.45) is 1.27. The number of aliphatic hydroxyl groups excluding tert-OH is 1. The molecule has 1 aromatic rings. The molecule has 0 bridgehead atoms. The highest BCUT2D eigenvalue weighted by Crippen LogP contribution is 2.35. The first-order valence-corrected chi connectivity index (χ1v) is 6.65. The summed E-state index contributed by atoms with van der Waals surface area (Å²) < 4.78 is 9.65. The summed E-state index contributed by atoms with van der Waals surface area (Å²) in [5, 5.41) is 13.5. The van der Waals surface area contributed by atoms with Crippen LogP contribution in [0.3, 0.4) is 0 Å². The molecule has 17 heavy (non-hydrogen) atoms. The highest BCUT2D eigenvalue weighted by Gasteiger charge is 2.14. The Kier molecular flexibility index (Phi) is 5.50. The van der Waals surface area contributed by atoms with Crippen LogP contribution in [0.5, 0.6) is 5.75 Å². The third-order valence-corrected chi connectivity index (χ3v) is 3.06. The molecule has 0 spiro atoms. The average Bonchev–Trinajstić information content (AvgIpc) is 2.60. The van der Waals surface area contributed by atoms with Crippen LogP contribution in [0.1, 0.15) is 33.6 Å². The molecule has 0 aromatic carbocycles. The predicted octanol–water partition coefficient (Wildman–Crippen LogP) is 2.09. The van der Waals surface area contributed by atoms with Crippen LogP contribution in [0.15, 0.2) is 0 Å². The van der Waals surface area contributed by atoms with Gasteiger partial charge < -0.3 is 20.9 Å². The van der Waals surface area contributed by atoms with Crippen molar-refractivity contribution in [3.63, 3.8) is 0 Å². The topological polar surface area (TPSA) is 80.4 Å². The Morgan fingerprint density at radius 2 is 2.24 bits per heavy atom. The molecular weight excluding hydrogens is 238 g/mol. The molecule has 1 unspecified atom stereocenters. The zero-order valence-electron chi connectivity index (χ0n) is 10.6. The van der Waals surface area contributed by atoms with Crippen LogP contribution in [-0.4, -0.2) is 28.2 Å². The lowest BCUT2D eigenvalue weighted by Crippen LogP contribution is -2.13. The van der Waals surface area contributed by atoms with Crippen molar-refractivity contribution in [2.24, 2.45) is 0 Å². The van der Waals surface area contributed by atoms with Crippen molar-refractivity contribution >= 4 is 22.4 Å². The summed E-state index contributed by atoms with van der Waals surface area (Å²) >= 11 is 1.28. The van der Waals surface area contributed by atoms with Gasteiger partial charge in [0.05, 0.1) is 12.2 Å². The fourth-order valence-electron chi connectivity index (χ4n) is 1.31. The third-order valence-electron chi connectivity index (χ3n) is 2.26. The van der Waals surface area contributed by atoms with E-state index >= 15 is 0 Å². The number of hydrogen-bond acceptors (Lipinski definition) is 6. The van der Waals surface area contributed by atoms with Gasteiger partial charge in [0.2, 0.25) is 0 Å². The van der Waals surface area contributed by atoms with E-state index in [-0.39, 0.29) is 12.2 Å². The normalized spacial score (nSPS) is 12.8. The lowest BCUT2D eigenvalue weighted by molar-refractivity contribution is 0.164. The largest absolute Gasteiger partial charge is 0.484 e. The summed E-state index contributed by atoms with van der Waals surface area (Å²) in [6, 6.07) is 0. The molecule has 0 amide bonds. The molecule has 0 aliphatic rings. The van der Waals surface area contributed by atoms with Gasteiger partial charge in [0, 0.05) is 6.54 Å². The van der Waals surface area contributed by atoms with Crippen LogP contribution in [0.2, 0.25) is 0 Å². The number of nitrogens with zero attached hydrogens (tertiary/aromatic N) is 1. The molecule has 0 saturated carbocycles. The summed E-state index contributed by atoms with van der Waals surface area (Å²) in [6.45, 7) is 6.54. The number of aliphatic hydroxyl groups is 1. The van der Waals surface area contributed by atoms with Crippen LogP contribution >= 0.6 is 11.5 Å². The lowest BCUT2D eigenvalue weighted by Gasteiger charge is -2.12. The van der Waals surface area contributed by atoms with E-state index in [0.29, 0.717) is 24.5 Å². The Morgan fingerprint density at radius 3 is 2.82 bits per heavy atom. The Morgan fingerprint density at radius 1 is 1.53 bits per heavy atom. The Labute approximate surface area is 106 Å². The van der Waals surface area contributed by atoms with Crippen molar-refractivity contribution in [3.8, 4) is 5.75 Å². The minimum absolute atomic E-state index is 0.0653. The van der Waals surface area contributed by atoms with E-state index in [0.717, 1.165) is 11.4 Å². The summed E-state index contributed by atoms with van der Waals surface area (Å²) in [5.41, 5.74) is 5.73. The molecule has 0 aliphatic carbocycles. The first-order valence-electron chi connectivity index (χ1n) is 5.88. The second kappa shape index (κ2) is 6.66. The molecule has 0 fully saturated rings. The minimum Gasteiger partial charge on any atom is -0.484 e. The van der Waals surface area contributed by atoms with Crippen LogP contribution in [0.25, 0.3) is 0 Å². The summed E-state index contributed by atoms with van der Waals surface area (Å²) in [5.74, 6) is 1.04. The second-order valence-electron chi connectivity index (χ2n) is 4.17. The van der Waals surface area contributed by atoms with Crippen molar-refractivity contribution in [2.75, 3.05) is 17.6 Å². The second-order valence-corrected chi connectivity index (χ2v) is 4.94. The molecule has 98 valence electrons. The molecule has 4 N–H and O–H groups in total. The minimum atomic E-state index is -0.262. The number of ether oxygens (including phenoxy) is 1. The van der Waals surface area contributed by atoms with E-state index in [1.165, 1.54) is 11.5 Å². The van der Waals surface area contributed by atoms with Crippen molar-refractivity contribution in [1.29, 1.82) is 0 Å². The number of nitrogen functional groups attached to an aromatic ring is 1. The van der Waals surface area contributed by atoms with Crippen LogP contribution in [-0.2, 0) is 0 Å². The molecule has 5 nitrogen and oxygen atoms in total. The molecule has 6 heteroatoms. The fourth-order valence-corrected chi connectivity index (χ4v) is 1.99. The van der Waals surface area contributed by atoms with Gasteiger partial charge in [0.1, 0.15) is 0 Å². The Hall–Kier alpha value is -1.01. The van der Waals surface area contributed by atoms with Gasteiger partial charge >= 0.3 is 0 Å². The Bertz CT molecular complexity index is 341. The van der Waals surface area contributed by atoms with Crippen LogP contribution in [0.4, 0.5) is 10.8 Å². The first kappa shape index (κ1) is 14.1. The number of nitrogens with two attached hydrogens (primary N) is 1. The fraction of sp³-hybridized carbons (Fsp3) is 0.727. The van der Waals surface area contributed by atoms with Gasteiger partial charge in [0.25, 0.3) is 0 Å². The molecular formula is C11H21N3O2S. The summed E-state index contributed by atoms with van der Waals surface area (Å²) in [4.78, 5) is 0. The third kappa shape index (κ3) is 4.40. The maximum atomic E-state index is 9.45. The number of anilines is 2. The van der Waals surface area contributed by atoms with Gasteiger partial charge in [-0.25, -0.2) is 0 Å². The van der Waals surface area contributed by atoms with E-state index in [4.69, 9.17) is 10.5 Å². The quantitative estimate of drug-likeness (QED) is 0.698. The molecule has 0 aliphatic heterocycles. The van der Waals surface area contributed by atoms with Crippen LogP contribution in [0, 0.1) is 0 Å². The molecule has 1 heterocycles. The van der Waals surface area contributed by atoms with E-state index in [1.807, 2.05) is 20.8 Å². The van der Waals surface area contributed by atoms with Crippen molar-refractivity contribution in [2.45, 2.75) is 45.8 Å². The number of aromatic nitrogens is 1. The van der Waals surface area contributed by atoms with Gasteiger partial charge in [-0.15, -0.1) is 0 Å². The zero-order valence-corrected chi connectivity index (χ0v) is 11.4. The number of rotatable bonds is 7. The van der Waals surface area contributed by atoms with Crippen molar-refractivity contribution < 1.29 is 9.84 Å². The van der Waals surface area contributed by atoms with E-state index < -0.39 is 0 Å². The van der Waals surface area contributed by atoms with Crippen molar-refractivity contribution in [3.05, 3.63) is 0 Å². The van der Waals surface area contributed by atoms with Crippen molar-refractivity contribution in [1.82, 2.24) is 4.37 Å². The van der Waals surface area contributed by atoms with Gasteiger partial charge in [-0.3, -0.25) is 0 Å². The van der Waals surface area contributed by atoms with Crippen LogP contribution < -0.4 is 15.8 Å². The zero-order chi connectivity index (χ0) is 12.8. The monoisotopic (exact) mass is 259 g/mol. The number of nitrogens with one attached hydrogen (secondary N) is 1. The molecule has 1 aromatic heterocycles. The predicted molar refractivity (Wildman–Crippen MR) is 71.7 cm³/mol. The first-order chi connectivity index (χ1) is 8.04. The maximum Gasteiger partial charge on any atom is 0.197 e. The smallest absolute Gasteiger partial charge is 0.197 e. The average molecular weight is 259 g/mol. The van der Waals surface area contributed by atoms with E-state index in [9.17, 15) is 5.11 Å². The van der Waals surface area contributed by atoms with Gasteiger partial charge in [-0.1, -0.05) is 6.92 Å². The van der Waals surface area contributed by atoms with Gasteiger partial charge in [0.15, 0.2) is 16.6 Å².